The fourth-order valence-corrected chi connectivity index (χ4v) is 2.34. The molecule has 3 nitrogen and oxygen atoms in total. The van der Waals surface area contributed by atoms with E-state index in [4.69, 9.17) is 0 Å². The van der Waals surface area contributed by atoms with E-state index in [9.17, 15) is 4.79 Å². The number of carbonyl (C=O) groups excluding carboxylic acids is 1. The van der Waals surface area contributed by atoms with Crippen LogP contribution in [0.4, 0.5) is 0 Å². The molecule has 2 rings (SSSR count). The van der Waals surface area contributed by atoms with Crippen molar-refractivity contribution < 1.29 is 4.79 Å². The average molecular weight is 345 g/mol. The highest BCUT2D eigenvalue weighted by atomic mass is 79.9. The van der Waals surface area contributed by atoms with E-state index in [1.807, 2.05) is 42.5 Å². The zero-order valence-electron chi connectivity index (χ0n) is 11.8. The molecule has 0 aromatic heterocycles. The van der Waals surface area contributed by atoms with Crippen LogP contribution in [0.5, 0.6) is 0 Å². The maximum absolute atomic E-state index is 12.1. The van der Waals surface area contributed by atoms with Gasteiger partial charge in [-0.15, -0.1) is 0 Å². The van der Waals surface area contributed by atoms with Crippen molar-refractivity contribution in [2.75, 3.05) is 0 Å². The first-order valence-electron chi connectivity index (χ1n) is 6.88. The normalized spacial score (nSPS) is 11.2. The number of rotatable bonds is 5. The van der Waals surface area contributed by atoms with Crippen molar-refractivity contribution in [1.82, 2.24) is 5.43 Å². The van der Waals surface area contributed by atoms with Crippen molar-refractivity contribution in [3.8, 4) is 0 Å². The lowest BCUT2D eigenvalue weighted by Crippen LogP contribution is -2.20. The molecule has 0 saturated heterocycles. The van der Waals surface area contributed by atoms with Gasteiger partial charge in [-0.3, -0.25) is 4.79 Å². The highest BCUT2D eigenvalue weighted by Gasteiger charge is 2.06. The first kappa shape index (κ1) is 15.4. The molecule has 0 aliphatic rings. The van der Waals surface area contributed by atoms with Crippen LogP contribution in [0.25, 0.3) is 0 Å². The van der Waals surface area contributed by atoms with Gasteiger partial charge in [-0.2, -0.15) is 5.10 Å². The van der Waals surface area contributed by atoms with Crippen molar-refractivity contribution in [2.24, 2.45) is 5.10 Å². The second kappa shape index (κ2) is 7.74. The summed E-state index contributed by atoms with van der Waals surface area (Å²) in [5.74, 6) is -0.208. The third-order valence-corrected chi connectivity index (χ3v) is 3.47. The molecular weight excluding hydrogens is 328 g/mol. The van der Waals surface area contributed by atoms with Gasteiger partial charge < -0.3 is 0 Å². The zero-order valence-corrected chi connectivity index (χ0v) is 13.4. The van der Waals surface area contributed by atoms with Crippen LogP contribution in [-0.2, 0) is 0 Å². The Labute approximate surface area is 133 Å². The number of halogens is 1. The smallest absolute Gasteiger partial charge is 0.267 e. The SMILES string of the molecule is CCC/C(=N/NC(=O)c1cccc(Br)c1)c1ccccc1. The Kier molecular flexibility index (Phi) is 5.69. The summed E-state index contributed by atoms with van der Waals surface area (Å²) in [5, 5.41) is 4.29. The number of benzene rings is 2. The summed E-state index contributed by atoms with van der Waals surface area (Å²) >= 11 is 3.36. The fourth-order valence-electron chi connectivity index (χ4n) is 1.94. The van der Waals surface area contributed by atoms with E-state index in [1.165, 1.54) is 0 Å². The van der Waals surface area contributed by atoms with Gasteiger partial charge in [-0.05, 0) is 30.2 Å². The molecule has 0 atom stereocenters. The summed E-state index contributed by atoms with van der Waals surface area (Å²) in [6.07, 6.45) is 1.79. The highest BCUT2D eigenvalue weighted by molar-refractivity contribution is 9.10. The topological polar surface area (TPSA) is 41.5 Å². The average Bonchev–Trinajstić information content (AvgIpc) is 2.52. The number of nitrogens with zero attached hydrogens (tertiary/aromatic N) is 1. The van der Waals surface area contributed by atoms with Gasteiger partial charge in [0.15, 0.2) is 0 Å². The third-order valence-electron chi connectivity index (χ3n) is 2.97. The van der Waals surface area contributed by atoms with Crippen LogP contribution < -0.4 is 5.43 Å². The number of amides is 1. The minimum absolute atomic E-state index is 0.208. The molecule has 0 aliphatic heterocycles. The van der Waals surface area contributed by atoms with Crippen molar-refractivity contribution in [3.05, 3.63) is 70.2 Å². The van der Waals surface area contributed by atoms with Crippen LogP contribution in [0.1, 0.15) is 35.7 Å². The first-order valence-corrected chi connectivity index (χ1v) is 7.68. The van der Waals surface area contributed by atoms with E-state index < -0.39 is 0 Å². The molecule has 1 amide bonds. The predicted octanol–water partition coefficient (Wildman–Crippen LogP) is 4.38. The van der Waals surface area contributed by atoms with E-state index >= 15 is 0 Å². The Morgan fingerprint density at radius 1 is 1.10 bits per heavy atom. The van der Waals surface area contributed by atoms with Gasteiger partial charge in [0.1, 0.15) is 0 Å². The molecule has 4 heteroatoms. The molecule has 0 unspecified atom stereocenters. The lowest BCUT2D eigenvalue weighted by Gasteiger charge is -2.06. The van der Waals surface area contributed by atoms with E-state index in [0.29, 0.717) is 5.56 Å². The molecule has 0 heterocycles. The van der Waals surface area contributed by atoms with E-state index in [2.05, 4.69) is 33.4 Å². The Balaban J connectivity index is 2.15. The van der Waals surface area contributed by atoms with Gasteiger partial charge in [-0.25, -0.2) is 5.43 Å². The van der Waals surface area contributed by atoms with Gasteiger partial charge in [0.25, 0.3) is 5.91 Å². The van der Waals surface area contributed by atoms with Crippen LogP contribution in [0.2, 0.25) is 0 Å². The van der Waals surface area contributed by atoms with Gasteiger partial charge in [0.2, 0.25) is 0 Å². The lowest BCUT2D eigenvalue weighted by atomic mass is 10.1. The van der Waals surface area contributed by atoms with Gasteiger partial charge in [0.05, 0.1) is 5.71 Å². The predicted molar refractivity (Wildman–Crippen MR) is 89.5 cm³/mol. The number of carbonyl (C=O) groups is 1. The molecular formula is C17H17BrN2O. The van der Waals surface area contributed by atoms with Gasteiger partial charge >= 0.3 is 0 Å². The molecule has 0 fully saturated rings. The molecule has 2 aromatic carbocycles. The van der Waals surface area contributed by atoms with E-state index in [0.717, 1.165) is 28.6 Å². The lowest BCUT2D eigenvalue weighted by molar-refractivity contribution is 0.0954. The Bertz CT molecular complexity index is 638. The quantitative estimate of drug-likeness (QED) is 0.634. The summed E-state index contributed by atoms with van der Waals surface area (Å²) in [7, 11) is 0. The minimum atomic E-state index is -0.208. The Hall–Kier alpha value is -1.94. The number of hydrogen-bond donors (Lipinski definition) is 1. The summed E-state index contributed by atoms with van der Waals surface area (Å²) in [5.41, 5.74) is 5.14. The number of nitrogens with one attached hydrogen (secondary N) is 1. The van der Waals surface area contributed by atoms with Gasteiger partial charge in [0, 0.05) is 10.0 Å². The van der Waals surface area contributed by atoms with Crippen LogP contribution in [0, 0.1) is 0 Å². The van der Waals surface area contributed by atoms with Crippen molar-refractivity contribution in [2.45, 2.75) is 19.8 Å². The summed E-state index contributed by atoms with van der Waals surface area (Å²) in [4.78, 5) is 12.1. The molecule has 108 valence electrons. The maximum atomic E-state index is 12.1. The van der Waals surface area contributed by atoms with Crippen molar-refractivity contribution >= 4 is 27.5 Å². The van der Waals surface area contributed by atoms with E-state index in [1.54, 1.807) is 12.1 Å². The Morgan fingerprint density at radius 2 is 1.81 bits per heavy atom. The Morgan fingerprint density at radius 3 is 2.48 bits per heavy atom. The second-order valence-corrected chi connectivity index (χ2v) is 5.54. The standard InChI is InChI=1S/C17H17BrN2O/c1-2-7-16(13-8-4-3-5-9-13)19-20-17(21)14-10-6-11-15(18)12-14/h3-6,8-12H,2,7H2,1H3,(H,20,21)/b19-16-. The molecule has 2 aromatic rings. The molecule has 0 spiro atoms. The number of hydrazone groups is 1. The molecule has 0 aliphatic carbocycles. The van der Waals surface area contributed by atoms with Gasteiger partial charge in [-0.1, -0.05) is 65.7 Å². The highest BCUT2D eigenvalue weighted by Crippen LogP contribution is 2.12. The van der Waals surface area contributed by atoms with Crippen LogP contribution >= 0.6 is 15.9 Å². The third kappa shape index (κ3) is 4.53. The van der Waals surface area contributed by atoms with Crippen molar-refractivity contribution in [1.29, 1.82) is 0 Å². The number of hydrogen-bond acceptors (Lipinski definition) is 2. The first-order chi connectivity index (χ1) is 10.2. The monoisotopic (exact) mass is 344 g/mol. The van der Waals surface area contributed by atoms with Crippen LogP contribution in [0.3, 0.4) is 0 Å². The molecule has 0 bridgehead atoms. The summed E-state index contributed by atoms with van der Waals surface area (Å²) in [6.45, 7) is 2.09. The summed E-state index contributed by atoms with van der Waals surface area (Å²) in [6, 6.07) is 17.1. The van der Waals surface area contributed by atoms with Crippen molar-refractivity contribution in [3.63, 3.8) is 0 Å². The largest absolute Gasteiger partial charge is 0.271 e. The molecule has 21 heavy (non-hydrogen) atoms. The summed E-state index contributed by atoms with van der Waals surface area (Å²) < 4.78 is 0.871. The zero-order chi connectivity index (χ0) is 15.1. The molecule has 0 radical (unpaired) electrons. The fraction of sp³-hybridized carbons (Fsp3) is 0.176. The minimum Gasteiger partial charge on any atom is -0.267 e. The molecule has 1 N–H and O–H groups in total. The van der Waals surface area contributed by atoms with Crippen LogP contribution in [0.15, 0.2) is 64.2 Å². The maximum Gasteiger partial charge on any atom is 0.271 e. The second-order valence-electron chi connectivity index (χ2n) is 4.63. The molecule has 0 saturated carbocycles. The van der Waals surface area contributed by atoms with E-state index in [-0.39, 0.29) is 5.91 Å². The van der Waals surface area contributed by atoms with Crippen LogP contribution in [-0.4, -0.2) is 11.6 Å².